The predicted octanol–water partition coefficient (Wildman–Crippen LogP) is 14.7. The Balaban J connectivity index is -0.000000211. The molecule has 51 heavy (non-hydrogen) atoms. The fourth-order valence-corrected chi connectivity index (χ4v) is 6.59. The Morgan fingerprint density at radius 3 is 0.529 bits per heavy atom. The van der Waals surface area contributed by atoms with Crippen LogP contribution in [0.3, 0.4) is 0 Å². The second-order valence-electron chi connectivity index (χ2n) is 15.3. The van der Waals surface area contributed by atoms with Gasteiger partial charge in [-0.2, -0.15) is 13.1 Å². The Hall–Kier alpha value is 0.884. The predicted molar refractivity (Wildman–Crippen MR) is 227 cm³/mol. The quantitative estimate of drug-likeness (QED) is 0.0488. The number of unbranched alkanes of at least 4 members (excludes halogenated alkanes) is 37. The van der Waals surface area contributed by atoms with Crippen LogP contribution in [0.4, 0.5) is 0 Å². The monoisotopic (exact) mass is 778 g/mol. The summed E-state index contributed by atoms with van der Waals surface area (Å²) < 4.78 is 0. The third-order valence-electron chi connectivity index (χ3n) is 10.1. The number of halogens is 1. The molecule has 0 aromatic rings. The minimum absolute atomic E-state index is 0. The molecular formula is C46H98ClN2OTi. The number of aliphatic hydroxyl groups excluding tert-OH is 1. The minimum atomic E-state index is 0. The number of nitrogens with one attached hydrogen (secondary N) is 2. The SMILES string of the molecule is CCCCCCCCCCCCCCCCCC[NH-].CCCCCCCCCCCCCCCCCC[NH-].CCCCCCCCCCO.[Cl-].[Ti+3]. The first kappa shape index (κ1) is 61.1. The maximum Gasteiger partial charge on any atom is 3.00 e. The van der Waals surface area contributed by atoms with Crippen LogP contribution < -0.4 is 12.4 Å². The van der Waals surface area contributed by atoms with Crippen molar-refractivity contribution in [1.82, 2.24) is 0 Å². The summed E-state index contributed by atoms with van der Waals surface area (Å²) in [6.07, 6.45) is 55.4. The van der Waals surface area contributed by atoms with Gasteiger partial charge in [0, 0.05) is 6.61 Å². The minimum Gasteiger partial charge on any atom is -1.00 e. The van der Waals surface area contributed by atoms with Crippen molar-refractivity contribution in [3.63, 3.8) is 0 Å². The summed E-state index contributed by atoms with van der Waals surface area (Å²) in [7, 11) is 0. The molecule has 309 valence electrons. The molecule has 0 aliphatic rings. The fourth-order valence-electron chi connectivity index (χ4n) is 6.59. The number of hydrogen-bond acceptors (Lipinski definition) is 1. The van der Waals surface area contributed by atoms with Gasteiger partial charge in [-0.3, -0.25) is 0 Å². The van der Waals surface area contributed by atoms with Crippen LogP contribution in [0, 0.1) is 0 Å². The summed E-state index contributed by atoms with van der Waals surface area (Å²) in [6.45, 7) is 8.43. The van der Waals surface area contributed by atoms with Gasteiger partial charge in [0.05, 0.1) is 0 Å². The van der Waals surface area contributed by atoms with Gasteiger partial charge in [0.15, 0.2) is 0 Å². The van der Waals surface area contributed by atoms with Crippen LogP contribution in [0.15, 0.2) is 0 Å². The summed E-state index contributed by atoms with van der Waals surface area (Å²) in [4.78, 5) is 0. The molecule has 0 atom stereocenters. The summed E-state index contributed by atoms with van der Waals surface area (Å²) in [5.41, 5.74) is 14.2. The first-order valence-electron chi connectivity index (χ1n) is 23.1. The van der Waals surface area contributed by atoms with Crippen molar-refractivity contribution in [3.8, 4) is 0 Å². The molecule has 0 spiro atoms. The van der Waals surface area contributed by atoms with Gasteiger partial charge in [0.2, 0.25) is 0 Å². The van der Waals surface area contributed by atoms with Crippen LogP contribution in [0.1, 0.15) is 278 Å². The van der Waals surface area contributed by atoms with Gasteiger partial charge >= 0.3 is 21.7 Å². The molecule has 0 aliphatic heterocycles. The molecule has 3 N–H and O–H groups in total. The molecule has 0 rings (SSSR count). The molecule has 3 nitrogen and oxygen atoms in total. The van der Waals surface area contributed by atoms with Gasteiger partial charge in [0.25, 0.3) is 0 Å². The molecular weight excluding hydrogens is 680 g/mol. The summed E-state index contributed by atoms with van der Waals surface area (Å²) in [6, 6.07) is 0. The Morgan fingerprint density at radius 1 is 0.255 bits per heavy atom. The summed E-state index contributed by atoms with van der Waals surface area (Å²) >= 11 is 0. The molecule has 0 saturated carbocycles. The van der Waals surface area contributed by atoms with Crippen molar-refractivity contribution in [3.05, 3.63) is 11.5 Å². The number of rotatable bonds is 40. The van der Waals surface area contributed by atoms with E-state index >= 15 is 0 Å². The first-order chi connectivity index (χ1) is 24.2. The van der Waals surface area contributed by atoms with E-state index in [-0.39, 0.29) is 34.1 Å². The third kappa shape index (κ3) is 72.7. The smallest absolute Gasteiger partial charge is 1.00 e. The largest absolute Gasteiger partial charge is 3.00 e. The van der Waals surface area contributed by atoms with Gasteiger partial charge < -0.3 is 29.0 Å². The first-order valence-corrected chi connectivity index (χ1v) is 23.1. The van der Waals surface area contributed by atoms with E-state index in [1.165, 1.54) is 238 Å². The Morgan fingerprint density at radius 2 is 0.392 bits per heavy atom. The van der Waals surface area contributed by atoms with Crippen molar-refractivity contribution in [2.75, 3.05) is 19.7 Å². The second kappa shape index (κ2) is 65.7. The average molecular weight is 779 g/mol. The van der Waals surface area contributed by atoms with Crippen LogP contribution in [0.25, 0.3) is 11.5 Å². The molecule has 0 bridgehead atoms. The Kier molecular flexibility index (Phi) is 78.8. The topological polar surface area (TPSA) is 67.8 Å². The molecule has 0 heterocycles. The molecule has 0 unspecified atom stereocenters. The van der Waals surface area contributed by atoms with Crippen molar-refractivity contribution < 1.29 is 39.2 Å². The van der Waals surface area contributed by atoms with E-state index in [0.717, 1.165) is 19.3 Å². The third-order valence-corrected chi connectivity index (χ3v) is 10.1. The average Bonchev–Trinajstić information content (AvgIpc) is 3.12. The van der Waals surface area contributed by atoms with E-state index in [1.807, 2.05) is 0 Å². The normalized spacial score (nSPS) is 10.5. The number of hydrogen-bond donors (Lipinski definition) is 1. The van der Waals surface area contributed by atoms with E-state index in [4.69, 9.17) is 16.6 Å². The molecule has 0 saturated heterocycles. The standard InChI is InChI=1S/2C18H38N.C10H22O.ClH.Ti/c2*1-2-3-4-5-6-7-8-9-10-11-12-13-14-15-16-17-18-19;1-2-3-4-5-6-7-8-9-10-11;;/h2*19H,2-18H2,1H3;11H,2-10H2,1H3;1H;/q2*-1;;;+3/p-1. The van der Waals surface area contributed by atoms with Gasteiger partial charge in [-0.05, 0) is 6.42 Å². The van der Waals surface area contributed by atoms with Crippen LogP contribution in [0.2, 0.25) is 0 Å². The van der Waals surface area contributed by atoms with E-state index < -0.39 is 0 Å². The van der Waals surface area contributed by atoms with Crippen LogP contribution in [0.5, 0.6) is 0 Å². The van der Waals surface area contributed by atoms with E-state index in [2.05, 4.69) is 20.8 Å². The summed E-state index contributed by atoms with van der Waals surface area (Å²) in [5, 5.41) is 8.51. The van der Waals surface area contributed by atoms with E-state index in [9.17, 15) is 0 Å². The van der Waals surface area contributed by atoms with Crippen LogP contribution >= 0.6 is 0 Å². The zero-order valence-electron chi connectivity index (χ0n) is 35.7. The Bertz CT molecular complexity index is 426. The summed E-state index contributed by atoms with van der Waals surface area (Å²) in [5.74, 6) is 0. The molecule has 0 aromatic carbocycles. The van der Waals surface area contributed by atoms with Crippen LogP contribution in [-0.4, -0.2) is 24.8 Å². The molecule has 0 aliphatic carbocycles. The Labute approximate surface area is 346 Å². The molecule has 0 amide bonds. The van der Waals surface area contributed by atoms with Gasteiger partial charge in [-0.1, -0.05) is 271 Å². The van der Waals surface area contributed by atoms with Gasteiger partial charge in [-0.15, -0.1) is 0 Å². The molecule has 0 aromatic heterocycles. The van der Waals surface area contributed by atoms with Crippen molar-refractivity contribution in [2.24, 2.45) is 0 Å². The van der Waals surface area contributed by atoms with Crippen molar-refractivity contribution >= 4 is 0 Å². The number of aliphatic hydroxyl groups is 1. The fraction of sp³-hybridized carbons (Fsp3) is 1.00. The van der Waals surface area contributed by atoms with Crippen molar-refractivity contribution in [1.29, 1.82) is 0 Å². The van der Waals surface area contributed by atoms with Crippen molar-refractivity contribution in [2.45, 2.75) is 278 Å². The zero-order chi connectivity index (χ0) is 36.4. The maximum atomic E-state index is 8.51. The van der Waals surface area contributed by atoms with Gasteiger partial charge in [-0.25, -0.2) is 0 Å². The molecule has 1 radical (unpaired) electrons. The van der Waals surface area contributed by atoms with Gasteiger partial charge in [0.1, 0.15) is 0 Å². The van der Waals surface area contributed by atoms with Crippen LogP contribution in [-0.2, 0) is 21.7 Å². The second-order valence-corrected chi connectivity index (χ2v) is 15.3. The van der Waals surface area contributed by atoms with E-state index in [0.29, 0.717) is 19.7 Å². The zero-order valence-corrected chi connectivity index (χ0v) is 38.0. The molecule has 0 fully saturated rings. The van der Waals surface area contributed by atoms with E-state index in [1.54, 1.807) is 0 Å². The molecule has 5 heteroatoms. The maximum absolute atomic E-state index is 8.51.